The topological polar surface area (TPSA) is 24.9 Å². The molecule has 0 fully saturated rings. The van der Waals surface area contributed by atoms with Crippen molar-refractivity contribution >= 4 is 23.1 Å². The molecule has 0 aliphatic carbocycles. The fourth-order valence-corrected chi connectivity index (χ4v) is 3.57. The number of nitrogens with zero attached hydrogens (tertiary/aromatic N) is 1. The number of hydrogen-bond donors (Lipinski definition) is 1. The number of thioether (sulfide) groups is 1. The van der Waals surface area contributed by atoms with Gasteiger partial charge in [0.2, 0.25) is 0 Å². The summed E-state index contributed by atoms with van der Waals surface area (Å²) in [5.74, 6) is 1.57. The fraction of sp³-hybridized carbons (Fsp3) is 0.769. The van der Waals surface area contributed by atoms with Crippen LogP contribution in [0.4, 0.5) is 0 Å². The molecule has 0 radical (unpaired) electrons. The normalized spacial score (nSPS) is 11.4. The minimum atomic E-state index is 0.532. The molecule has 1 heterocycles. The van der Waals surface area contributed by atoms with Gasteiger partial charge in [-0.05, 0) is 25.1 Å². The maximum Gasteiger partial charge on any atom is 0.103 e. The molecule has 2 nitrogen and oxygen atoms in total. The summed E-state index contributed by atoms with van der Waals surface area (Å²) in [4.78, 5) is 6.19. The van der Waals surface area contributed by atoms with Crippen molar-refractivity contribution in [3.05, 3.63) is 15.6 Å². The predicted molar refractivity (Wildman–Crippen MR) is 80.0 cm³/mol. The van der Waals surface area contributed by atoms with E-state index in [0.717, 1.165) is 18.8 Å². The highest BCUT2D eigenvalue weighted by Crippen LogP contribution is 2.26. The SMILES string of the molecule is CCCCNCc1sc(CSC)nc1C(C)C. The molecule has 0 atom stereocenters. The standard InChI is InChI=1S/C13H24N2S2/c1-5-6-7-14-8-11-13(10(2)3)15-12(17-11)9-16-4/h10,14H,5-9H2,1-4H3. The first-order valence-electron chi connectivity index (χ1n) is 6.37. The molecule has 0 saturated heterocycles. The van der Waals surface area contributed by atoms with Crippen molar-refractivity contribution in [3.8, 4) is 0 Å². The summed E-state index contributed by atoms with van der Waals surface area (Å²) >= 11 is 3.72. The van der Waals surface area contributed by atoms with Crippen molar-refractivity contribution in [2.45, 2.75) is 51.8 Å². The van der Waals surface area contributed by atoms with Gasteiger partial charge in [0.15, 0.2) is 0 Å². The molecule has 0 aromatic carbocycles. The Hall–Kier alpha value is -0.0600. The second-order valence-electron chi connectivity index (χ2n) is 4.53. The molecular formula is C13H24N2S2. The van der Waals surface area contributed by atoms with Gasteiger partial charge in [-0.1, -0.05) is 27.2 Å². The molecule has 0 aliphatic heterocycles. The van der Waals surface area contributed by atoms with E-state index in [1.807, 2.05) is 23.1 Å². The van der Waals surface area contributed by atoms with Crippen LogP contribution in [-0.4, -0.2) is 17.8 Å². The Morgan fingerprint density at radius 2 is 2.18 bits per heavy atom. The predicted octanol–water partition coefficient (Wildman–Crippen LogP) is 4.02. The second-order valence-corrected chi connectivity index (χ2v) is 6.57. The summed E-state index contributed by atoms with van der Waals surface area (Å²) in [5, 5.41) is 4.79. The largest absolute Gasteiger partial charge is 0.312 e. The van der Waals surface area contributed by atoms with E-state index in [4.69, 9.17) is 4.98 Å². The van der Waals surface area contributed by atoms with Gasteiger partial charge in [-0.15, -0.1) is 11.3 Å². The van der Waals surface area contributed by atoms with Gasteiger partial charge in [-0.2, -0.15) is 11.8 Å². The molecule has 0 aliphatic rings. The van der Waals surface area contributed by atoms with E-state index in [1.54, 1.807) is 0 Å². The number of rotatable bonds is 8. The maximum atomic E-state index is 4.76. The first kappa shape index (κ1) is 15.0. The summed E-state index contributed by atoms with van der Waals surface area (Å²) in [7, 11) is 0. The van der Waals surface area contributed by atoms with Crippen molar-refractivity contribution in [1.82, 2.24) is 10.3 Å². The van der Waals surface area contributed by atoms with Crippen LogP contribution in [0.3, 0.4) is 0 Å². The van der Waals surface area contributed by atoms with E-state index in [0.29, 0.717) is 5.92 Å². The zero-order valence-electron chi connectivity index (χ0n) is 11.4. The Morgan fingerprint density at radius 1 is 1.41 bits per heavy atom. The monoisotopic (exact) mass is 272 g/mol. The smallest absolute Gasteiger partial charge is 0.103 e. The van der Waals surface area contributed by atoms with Crippen molar-refractivity contribution in [1.29, 1.82) is 0 Å². The first-order valence-corrected chi connectivity index (χ1v) is 8.58. The Kier molecular flexibility index (Phi) is 7.16. The lowest BCUT2D eigenvalue weighted by atomic mass is 10.1. The molecular weight excluding hydrogens is 248 g/mol. The Balaban J connectivity index is 2.60. The van der Waals surface area contributed by atoms with Gasteiger partial charge >= 0.3 is 0 Å². The highest BCUT2D eigenvalue weighted by atomic mass is 32.2. The number of hydrogen-bond acceptors (Lipinski definition) is 4. The lowest BCUT2D eigenvalue weighted by Gasteiger charge is -2.06. The maximum absolute atomic E-state index is 4.76. The van der Waals surface area contributed by atoms with Crippen molar-refractivity contribution < 1.29 is 0 Å². The first-order chi connectivity index (χ1) is 8.19. The van der Waals surface area contributed by atoms with Crippen LogP contribution in [0.15, 0.2) is 0 Å². The van der Waals surface area contributed by atoms with Crippen molar-refractivity contribution in [3.63, 3.8) is 0 Å². The second kappa shape index (κ2) is 8.11. The number of aromatic nitrogens is 1. The van der Waals surface area contributed by atoms with Crippen molar-refractivity contribution in [2.75, 3.05) is 12.8 Å². The quantitative estimate of drug-likeness (QED) is 0.724. The summed E-state index contributed by atoms with van der Waals surface area (Å²) in [6.45, 7) is 8.79. The van der Waals surface area contributed by atoms with Gasteiger partial charge < -0.3 is 5.32 Å². The Bertz CT molecular complexity index is 321. The van der Waals surface area contributed by atoms with Crippen LogP contribution in [-0.2, 0) is 12.3 Å². The number of unbranched alkanes of at least 4 members (excludes halogenated alkanes) is 1. The Morgan fingerprint density at radius 3 is 2.76 bits per heavy atom. The van der Waals surface area contributed by atoms with Crippen LogP contribution in [0.1, 0.15) is 55.1 Å². The molecule has 0 saturated carbocycles. The lowest BCUT2D eigenvalue weighted by molar-refractivity contribution is 0.639. The van der Waals surface area contributed by atoms with Crippen LogP contribution in [0.5, 0.6) is 0 Å². The zero-order valence-corrected chi connectivity index (χ0v) is 13.0. The van der Waals surface area contributed by atoms with E-state index in [9.17, 15) is 0 Å². The van der Waals surface area contributed by atoms with E-state index < -0.39 is 0 Å². The molecule has 0 unspecified atom stereocenters. The molecule has 0 spiro atoms. The lowest BCUT2D eigenvalue weighted by Crippen LogP contribution is -2.14. The average molecular weight is 272 g/mol. The molecule has 4 heteroatoms. The van der Waals surface area contributed by atoms with E-state index in [-0.39, 0.29) is 0 Å². The molecule has 1 aromatic heterocycles. The number of nitrogens with one attached hydrogen (secondary N) is 1. The minimum Gasteiger partial charge on any atom is -0.312 e. The minimum absolute atomic E-state index is 0.532. The van der Waals surface area contributed by atoms with Gasteiger partial charge in [-0.25, -0.2) is 4.98 Å². The average Bonchev–Trinajstić information content (AvgIpc) is 2.68. The summed E-state index contributed by atoms with van der Waals surface area (Å²) < 4.78 is 0. The van der Waals surface area contributed by atoms with Crippen LogP contribution in [0.25, 0.3) is 0 Å². The third kappa shape index (κ3) is 4.98. The molecule has 0 bridgehead atoms. The van der Waals surface area contributed by atoms with Crippen LogP contribution < -0.4 is 5.32 Å². The van der Waals surface area contributed by atoms with Gasteiger partial charge in [0.25, 0.3) is 0 Å². The highest BCUT2D eigenvalue weighted by molar-refractivity contribution is 7.97. The number of thiazole rings is 1. The van der Waals surface area contributed by atoms with Gasteiger partial charge in [-0.3, -0.25) is 0 Å². The van der Waals surface area contributed by atoms with Crippen LogP contribution in [0, 0.1) is 0 Å². The molecule has 1 N–H and O–H groups in total. The molecule has 17 heavy (non-hydrogen) atoms. The Labute approximate surface area is 114 Å². The molecule has 1 aromatic rings. The van der Waals surface area contributed by atoms with Crippen LogP contribution in [0.2, 0.25) is 0 Å². The van der Waals surface area contributed by atoms with E-state index in [2.05, 4.69) is 32.3 Å². The van der Waals surface area contributed by atoms with Crippen LogP contribution >= 0.6 is 23.1 Å². The van der Waals surface area contributed by atoms with Gasteiger partial charge in [0.05, 0.1) is 5.69 Å². The van der Waals surface area contributed by atoms with E-state index in [1.165, 1.54) is 28.4 Å². The van der Waals surface area contributed by atoms with Gasteiger partial charge in [0, 0.05) is 17.2 Å². The van der Waals surface area contributed by atoms with E-state index >= 15 is 0 Å². The highest BCUT2D eigenvalue weighted by Gasteiger charge is 2.13. The summed E-state index contributed by atoms with van der Waals surface area (Å²) in [6.07, 6.45) is 4.65. The summed E-state index contributed by atoms with van der Waals surface area (Å²) in [5.41, 5.74) is 1.29. The van der Waals surface area contributed by atoms with Crippen molar-refractivity contribution in [2.24, 2.45) is 0 Å². The fourth-order valence-electron chi connectivity index (χ4n) is 1.68. The third-order valence-electron chi connectivity index (χ3n) is 2.58. The third-order valence-corrected chi connectivity index (χ3v) is 4.40. The molecule has 98 valence electrons. The summed E-state index contributed by atoms with van der Waals surface area (Å²) in [6, 6.07) is 0. The van der Waals surface area contributed by atoms with Gasteiger partial charge in [0.1, 0.15) is 5.01 Å². The zero-order chi connectivity index (χ0) is 12.7. The molecule has 1 rings (SSSR count). The molecule has 0 amide bonds.